The lowest BCUT2D eigenvalue weighted by molar-refractivity contribution is -0.170. The van der Waals surface area contributed by atoms with Crippen LogP contribution in [0, 0.1) is 12.7 Å². The quantitative estimate of drug-likeness (QED) is 0.326. The maximum absolute atomic E-state index is 15.5. The fraction of sp³-hybridized carbons (Fsp3) is 0.593. The van der Waals surface area contributed by atoms with Crippen molar-refractivity contribution >= 4 is 11.7 Å². The number of anilines is 1. The highest BCUT2D eigenvalue weighted by molar-refractivity contribution is 5.83. The van der Waals surface area contributed by atoms with E-state index in [1.807, 2.05) is 0 Å². The zero-order valence-corrected chi connectivity index (χ0v) is 23.2. The summed E-state index contributed by atoms with van der Waals surface area (Å²) in [5, 5.41) is 15.3. The number of carbonyl (C=O) groups is 1. The first-order valence-electron chi connectivity index (χ1n) is 13.0. The average molecular weight is 589 g/mol. The van der Waals surface area contributed by atoms with Gasteiger partial charge in [0, 0.05) is 12.7 Å². The molecule has 2 atom stereocenters. The van der Waals surface area contributed by atoms with Gasteiger partial charge < -0.3 is 30.0 Å². The Labute approximate surface area is 233 Å². The van der Waals surface area contributed by atoms with E-state index in [4.69, 9.17) is 14.2 Å². The van der Waals surface area contributed by atoms with Crippen molar-refractivity contribution in [2.24, 2.45) is 0 Å². The summed E-state index contributed by atoms with van der Waals surface area (Å²) in [4.78, 5) is 21.9. The number of ether oxygens (including phenoxy) is 3. The molecular weight excluding hydrogens is 555 g/mol. The van der Waals surface area contributed by atoms with Crippen molar-refractivity contribution in [1.29, 1.82) is 0 Å². The summed E-state index contributed by atoms with van der Waals surface area (Å²) in [5.74, 6) is -5.80. The summed E-state index contributed by atoms with van der Waals surface area (Å²) in [6.45, 7) is 5.16. The summed E-state index contributed by atoms with van der Waals surface area (Å²) in [6, 6.07) is 2.47. The third-order valence-electron chi connectivity index (χ3n) is 7.20. The molecular formula is C27H33F5N4O5. The molecule has 226 valence electrons. The molecule has 2 aromatic rings. The second kappa shape index (κ2) is 11.4. The lowest BCUT2D eigenvalue weighted by Gasteiger charge is -2.30. The fourth-order valence-electron chi connectivity index (χ4n) is 4.60. The van der Waals surface area contributed by atoms with Gasteiger partial charge in [0.25, 0.3) is 12.3 Å². The fourth-order valence-corrected chi connectivity index (χ4v) is 4.60. The minimum absolute atomic E-state index is 0.0213. The van der Waals surface area contributed by atoms with Gasteiger partial charge in [-0.15, -0.1) is 0 Å². The molecule has 9 nitrogen and oxygen atoms in total. The van der Waals surface area contributed by atoms with E-state index in [2.05, 4.69) is 20.6 Å². The number of nitrogens with zero attached hydrogens (tertiary/aromatic N) is 2. The van der Waals surface area contributed by atoms with E-state index in [0.717, 1.165) is 19.9 Å². The molecule has 4 rings (SSSR count). The molecule has 2 heterocycles. The summed E-state index contributed by atoms with van der Waals surface area (Å²) in [6.07, 6.45) is -5.11. The number of benzene rings is 1. The highest BCUT2D eigenvalue weighted by Crippen LogP contribution is 2.43. The highest BCUT2D eigenvalue weighted by Gasteiger charge is 2.53. The number of aliphatic hydroxyl groups is 1. The van der Waals surface area contributed by atoms with Crippen LogP contribution < -0.4 is 10.6 Å². The number of rotatable bonds is 11. The van der Waals surface area contributed by atoms with Crippen LogP contribution >= 0.6 is 0 Å². The maximum Gasteiger partial charge on any atom is 0.303 e. The Bertz CT molecular complexity index is 1280. The van der Waals surface area contributed by atoms with Gasteiger partial charge in [-0.1, -0.05) is 12.1 Å². The smallest absolute Gasteiger partial charge is 0.303 e. The average Bonchev–Trinajstić information content (AvgIpc) is 3.46. The Morgan fingerprint density at radius 3 is 2.37 bits per heavy atom. The van der Waals surface area contributed by atoms with Crippen LogP contribution in [0.1, 0.15) is 80.3 Å². The SMILES string of the molecule is COC(C(=O)NC1(C(F)F)CC1)c1nc(C)nc(N[C@H](C)c2cccc(C(F)(F)C(C)(C)O)c2F)c1C1OCCO1. The number of hydrogen-bond donors (Lipinski definition) is 3. The molecule has 3 N–H and O–H groups in total. The van der Waals surface area contributed by atoms with Gasteiger partial charge in [0.05, 0.1) is 36.1 Å². The molecule has 41 heavy (non-hydrogen) atoms. The van der Waals surface area contributed by atoms with Gasteiger partial charge in [0.15, 0.2) is 12.4 Å². The number of alkyl halides is 4. The van der Waals surface area contributed by atoms with Crippen molar-refractivity contribution in [3.8, 4) is 0 Å². The number of halogens is 5. The Morgan fingerprint density at radius 2 is 1.83 bits per heavy atom. The van der Waals surface area contributed by atoms with Crippen LogP contribution in [0.25, 0.3) is 0 Å². The molecule has 1 saturated carbocycles. The number of amides is 1. The number of aromatic nitrogens is 2. The molecule has 1 aliphatic heterocycles. The van der Waals surface area contributed by atoms with Crippen LogP contribution in [-0.4, -0.2) is 58.9 Å². The van der Waals surface area contributed by atoms with Gasteiger partial charge in [-0.25, -0.2) is 23.1 Å². The first-order valence-corrected chi connectivity index (χ1v) is 13.0. The van der Waals surface area contributed by atoms with Crippen LogP contribution in [0.2, 0.25) is 0 Å². The molecule has 0 bridgehead atoms. The molecule has 0 radical (unpaired) electrons. The van der Waals surface area contributed by atoms with Crippen LogP contribution in [0.3, 0.4) is 0 Å². The minimum atomic E-state index is -3.90. The van der Waals surface area contributed by atoms with Crippen molar-refractivity contribution < 1.29 is 46.1 Å². The van der Waals surface area contributed by atoms with Crippen molar-refractivity contribution in [3.63, 3.8) is 0 Å². The normalized spacial score (nSPS) is 18.8. The molecule has 1 aromatic carbocycles. The van der Waals surface area contributed by atoms with Crippen LogP contribution in [0.15, 0.2) is 18.2 Å². The second-order valence-corrected chi connectivity index (χ2v) is 10.8. The number of aryl methyl sites for hydroxylation is 1. The topological polar surface area (TPSA) is 115 Å². The molecule has 2 fully saturated rings. The van der Waals surface area contributed by atoms with Crippen molar-refractivity contribution in [3.05, 3.63) is 52.2 Å². The van der Waals surface area contributed by atoms with Gasteiger partial charge in [-0.3, -0.25) is 4.79 Å². The van der Waals surface area contributed by atoms with Crippen molar-refractivity contribution in [2.75, 3.05) is 25.6 Å². The third-order valence-corrected chi connectivity index (χ3v) is 7.20. The Morgan fingerprint density at radius 1 is 1.20 bits per heavy atom. The van der Waals surface area contributed by atoms with E-state index in [1.165, 1.54) is 33.1 Å². The number of hydrogen-bond acceptors (Lipinski definition) is 8. The first kappa shape index (κ1) is 31.0. The van der Waals surface area contributed by atoms with E-state index in [9.17, 15) is 27.5 Å². The van der Waals surface area contributed by atoms with Crippen LogP contribution in [0.4, 0.5) is 27.8 Å². The van der Waals surface area contributed by atoms with E-state index < -0.39 is 59.2 Å². The Balaban J connectivity index is 1.74. The van der Waals surface area contributed by atoms with Crippen molar-refractivity contribution in [1.82, 2.24) is 15.3 Å². The lowest BCUT2D eigenvalue weighted by atomic mass is 9.91. The van der Waals surface area contributed by atoms with E-state index in [-0.39, 0.29) is 54.5 Å². The molecule has 1 aliphatic carbocycles. The minimum Gasteiger partial charge on any atom is -0.384 e. The standard InChI is InChI=1S/C27H33F5N4O5/c1-13(15-7-6-8-16(18(15)28)27(31,32)25(3,4)38)33-21-17(23-40-11-12-41-23)19(34-14(2)35-21)20(39-5)22(37)36-26(9-10-26)24(29)30/h6-8,13,20,23-24,38H,9-12H2,1-5H3,(H,36,37)(H,33,34,35)/t13-,20?/m1/s1. The third kappa shape index (κ3) is 6.01. The van der Waals surface area contributed by atoms with Crippen LogP contribution in [-0.2, 0) is 24.9 Å². The largest absolute Gasteiger partial charge is 0.384 e. The molecule has 0 spiro atoms. The molecule has 1 unspecified atom stereocenters. The van der Waals surface area contributed by atoms with Gasteiger partial charge in [0.2, 0.25) is 0 Å². The van der Waals surface area contributed by atoms with E-state index >= 15 is 4.39 Å². The van der Waals surface area contributed by atoms with Gasteiger partial charge >= 0.3 is 5.92 Å². The number of methoxy groups -OCH3 is 1. The Kier molecular flexibility index (Phi) is 8.61. The monoisotopic (exact) mass is 588 g/mol. The molecule has 2 aliphatic rings. The second-order valence-electron chi connectivity index (χ2n) is 10.8. The molecule has 14 heteroatoms. The zero-order chi connectivity index (χ0) is 30.3. The number of carbonyl (C=O) groups excluding carboxylic acids is 1. The highest BCUT2D eigenvalue weighted by atomic mass is 19.3. The molecule has 1 saturated heterocycles. The molecule has 1 amide bonds. The lowest BCUT2D eigenvalue weighted by Crippen LogP contribution is -2.45. The summed E-state index contributed by atoms with van der Waals surface area (Å²) in [7, 11) is 1.21. The predicted octanol–water partition coefficient (Wildman–Crippen LogP) is 4.61. The van der Waals surface area contributed by atoms with E-state index in [0.29, 0.717) is 0 Å². The van der Waals surface area contributed by atoms with E-state index in [1.54, 1.807) is 0 Å². The zero-order valence-electron chi connectivity index (χ0n) is 23.2. The molecule has 1 aromatic heterocycles. The first-order chi connectivity index (χ1) is 19.1. The van der Waals surface area contributed by atoms with Gasteiger partial charge in [0.1, 0.15) is 28.6 Å². The van der Waals surface area contributed by atoms with Gasteiger partial charge in [-0.2, -0.15) is 8.78 Å². The van der Waals surface area contributed by atoms with Gasteiger partial charge in [-0.05, 0) is 46.6 Å². The number of nitrogens with one attached hydrogen (secondary N) is 2. The van der Waals surface area contributed by atoms with Crippen LogP contribution in [0.5, 0.6) is 0 Å². The summed E-state index contributed by atoms with van der Waals surface area (Å²) >= 11 is 0. The summed E-state index contributed by atoms with van der Waals surface area (Å²) < 4.78 is 89.0. The Hall–Kier alpha value is -2.94. The predicted molar refractivity (Wildman–Crippen MR) is 136 cm³/mol. The maximum atomic E-state index is 15.5. The summed E-state index contributed by atoms with van der Waals surface area (Å²) in [5.41, 5.74) is -5.22. The van der Waals surface area contributed by atoms with Crippen molar-refractivity contribution in [2.45, 2.75) is 82.5 Å².